The summed E-state index contributed by atoms with van der Waals surface area (Å²) >= 11 is 0. The average molecular weight is 220 g/mol. The molecule has 3 N–H and O–H groups in total. The standard InChI is InChI=1S/C13H17FN2/c14-8-5-6-10-12(7-8)16-11-4-2-1-3-9(11)13(10)15/h5-7,9,11,13,16H,1-4,15H2. The van der Waals surface area contributed by atoms with Crippen LogP contribution in [0, 0.1) is 11.7 Å². The molecule has 1 aromatic carbocycles. The van der Waals surface area contributed by atoms with Crippen LogP contribution in [0.15, 0.2) is 18.2 Å². The Labute approximate surface area is 95.0 Å². The minimum absolute atomic E-state index is 0.0714. The van der Waals surface area contributed by atoms with Gasteiger partial charge in [0.1, 0.15) is 5.82 Å². The van der Waals surface area contributed by atoms with Crippen molar-refractivity contribution >= 4 is 5.69 Å². The molecule has 3 atom stereocenters. The molecule has 0 aromatic heterocycles. The second kappa shape index (κ2) is 3.74. The number of benzene rings is 1. The van der Waals surface area contributed by atoms with Crippen molar-refractivity contribution in [3.8, 4) is 0 Å². The Morgan fingerprint density at radius 1 is 1.25 bits per heavy atom. The maximum absolute atomic E-state index is 13.2. The topological polar surface area (TPSA) is 38.0 Å². The quantitative estimate of drug-likeness (QED) is 0.705. The summed E-state index contributed by atoms with van der Waals surface area (Å²) < 4.78 is 13.2. The minimum atomic E-state index is -0.187. The van der Waals surface area contributed by atoms with Gasteiger partial charge in [0.2, 0.25) is 0 Å². The van der Waals surface area contributed by atoms with Gasteiger partial charge >= 0.3 is 0 Å². The third-order valence-electron chi connectivity index (χ3n) is 4.00. The van der Waals surface area contributed by atoms with E-state index in [1.165, 1.54) is 25.3 Å². The zero-order chi connectivity index (χ0) is 11.1. The van der Waals surface area contributed by atoms with Crippen molar-refractivity contribution in [2.45, 2.75) is 37.8 Å². The summed E-state index contributed by atoms with van der Waals surface area (Å²) in [6.45, 7) is 0. The van der Waals surface area contributed by atoms with Gasteiger partial charge in [-0.15, -0.1) is 0 Å². The van der Waals surface area contributed by atoms with E-state index >= 15 is 0 Å². The Morgan fingerprint density at radius 3 is 2.94 bits per heavy atom. The lowest BCUT2D eigenvalue weighted by Crippen LogP contribution is -2.43. The summed E-state index contributed by atoms with van der Waals surface area (Å²) in [6, 6.07) is 5.41. The molecule has 2 aliphatic rings. The molecule has 0 bridgehead atoms. The van der Waals surface area contributed by atoms with Crippen LogP contribution in [0.3, 0.4) is 0 Å². The van der Waals surface area contributed by atoms with E-state index in [9.17, 15) is 4.39 Å². The van der Waals surface area contributed by atoms with Gasteiger partial charge in [0, 0.05) is 17.8 Å². The fourth-order valence-corrected chi connectivity index (χ4v) is 3.14. The molecule has 1 fully saturated rings. The van der Waals surface area contributed by atoms with Gasteiger partial charge in [0.05, 0.1) is 0 Å². The van der Waals surface area contributed by atoms with E-state index < -0.39 is 0 Å². The van der Waals surface area contributed by atoms with Gasteiger partial charge in [-0.05, 0) is 36.5 Å². The van der Waals surface area contributed by atoms with E-state index in [1.54, 1.807) is 6.07 Å². The number of anilines is 1. The molecule has 3 unspecified atom stereocenters. The van der Waals surface area contributed by atoms with E-state index in [1.807, 2.05) is 6.07 Å². The Morgan fingerprint density at radius 2 is 2.06 bits per heavy atom. The molecule has 3 heteroatoms. The first-order valence-corrected chi connectivity index (χ1v) is 6.07. The van der Waals surface area contributed by atoms with Crippen molar-refractivity contribution in [1.82, 2.24) is 0 Å². The van der Waals surface area contributed by atoms with Crippen LogP contribution in [-0.4, -0.2) is 6.04 Å². The third kappa shape index (κ3) is 1.50. The number of hydrogen-bond acceptors (Lipinski definition) is 2. The van der Waals surface area contributed by atoms with Gasteiger partial charge < -0.3 is 11.1 Å². The van der Waals surface area contributed by atoms with Crippen LogP contribution in [0.25, 0.3) is 0 Å². The smallest absolute Gasteiger partial charge is 0.125 e. The second-order valence-corrected chi connectivity index (χ2v) is 4.96. The summed E-state index contributed by atoms with van der Waals surface area (Å²) in [5, 5.41) is 3.45. The fourth-order valence-electron chi connectivity index (χ4n) is 3.14. The van der Waals surface area contributed by atoms with E-state index in [2.05, 4.69) is 5.32 Å². The van der Waals surface area contributed by atoms with Gasteiger partial charge in [-0.3, -0.25) is 0 Å². The third-order valence-corrected chi connectivity index (χ3v) is 4.00. The summed E-state index contributed by atoms with van der Waals surface area (Å²) in [4.78, 5) is 0. The number of fused-ring (bicyclic) bond motifs is 2. The SMILES string of the molecule is NC1c2ccc(F)cc2NC2CCCCC21. The van der Waals surface area contributed by atoms with E-state index in [-0.39, 0.29) is 11.9 Å². The summed E-state index contributed by atoms with van der Waals surface area (Å²) in [6.07, 6.45) is 4.88. The molecule has 1 aliphatic carbocycles. The van der Waals surface area contributed by atoms with Crippen molar-refractivity contribution in [3.05, 3.63) is 29.6 Å². The number of hydrogen-bond donors (Lipinski definition) is 2. The van der Waals surface area contributed by atoms with Crippen molar-refractivity contribution in [3.63, 3.8) is 0 Å². The number of rotatable bonds is 0. The maximum Gasteiger partial charge on any atom is 0.125 e. The molecule has 0 spiro atoms. The van der Waals surface area contributed by atoms with E-state index in [0.29, 0.717) is 12.0 Å². The van der Waals surface area contributed by atoms with Gasteiger partial charge in [-0.2, -0.15) is 0 Å². The van der Waals surface area contributed by atoms with Crippen molar-refractivity contribution in [2.24, 2.45) is 11.7 Å². The molecular weight excluding hydrogens is 203 g/mol. The maximum atomic E-state index is 13.2. The highest BCUT2D eigenvalue weighted by Gasteiger charge is 2.35. The molecule has 3 rings (SSSR count). The lowest BCUT2D eigenvalue weighted by Gasteiger charge is -2.42. The van der Waals surface area contributed by atoms with E-state index in [4.69, 9.17) is 5.73 Å². The van der Waals surface area contributed by atoms with Crippen LogP contribution >= 0.6 is 0 Å². The van der Waals surface area contributed by atoms with Crippen LogP contribution in [0.1, 0.15) is 37.3 Å². The van der Waals surface area contributed by atoms with Crippen LogP contribution in [0.5, 0.6) is 0 Å². The van der Waals surface area contributed by atoms with Crippen LogP contribution in [0.4, 0.5) is 10.1 Å². The van der Waals surface area contributed by atoms with Gasteiger partial charge in [-0.25, -0.2) is 4.39 Å². The zero-order valence-corrected chi connectivity index (χ0v) is 9.25. The monoisotopic (exact) mass is 220 g/mol. The highest BCUT2D eigenvalue weighted by Crippen LogP contribution is 2.41. The molecule has 1 aliphatic heterocycles. The average Bonchev–Trinajstić information content (AvgIpc) is 2.29. The first-order valence-electron chi connectivity index (χ1n) is 6.07. The van der Waals surface area contributed by atoms with Gasteiger partial charge in [0.15, 0.2) is 0 Å². The zero-order valence-electron chi connectivity index (χ0n) is 9.25. The number of halogens is 1. The Balaban J connectivity index is 1.99. The molecule has 1 heterocycles. The summed E-state index contributed by atoms with van der Waals surface area (Å²) in [5.41, 5.74) is 8.26. The molecular formula is C13H17FN2. The first kappa shape index (κ1) is 10.1. The number of nitrogens with two attached hydrogens (primary N) is 1. The van der Waals surface area contributed by atoms with Crippen molar-refractivity contribution in [2.75, 3.05) is 5.32 Å². The molecule has 1 aromatic rings. The number of nitrogens with one attached hydrogen (secondary N) is 1. The molecule has 2 nitrogen and oxygen atoms in total. The largest absolute Gasteiger partial charge is 0.382 e. The Bertz CT molecular complexity index is 405. The summed E-state index contributed by atoms with van der Waals surface area (Å²) in [7, 11) is 0. The highest BCUT2D eigenvalue weighted by atomic mass is 19.1. The lowest BCUT2D eigenvalue weighted by atomic mass is 9.75. The molecule has 0 radical (unpaired) electrons. The normalized spacial score (nSPS) is 32.5. The molecule has 0 saturated heterocycles. The van der Waals surface area contributed by atoms with Crippen LogP contribution in [-0.2, 0) is 0 Å². The molecule has 0 amide bonds. The predicted molar refractivity (Wildman–Crippen MR) is 62.7 cm³/mol. The van der Waals surface area contributed by atoms with Crippen molar-refractivity contribution in [1.29, 1.82) is 0 Å². The summed E-state index contributed by atoms with van der Waals surface area (Å²) in [5.74, 6) is 0.333. The minimum Gasteiger partial charge on any atom is -0.382 e. The van der Waals surface area contributed by atoms with E-state index in [0.717, 1.165) is 17.7 Å². The highest BCUT2D eigenvalue weighted by molar-refractivity contribution is 5.56. The second-order valence-electron chi connectivity index (χ2n) is 4.96. The molecule has 1 saturated carbocycles. The lowest BCUT2D eigenvalue weighted by molar-refractivity contribution is 0.271. The molecule has 16 heavy (non-hydrogen) atoms. The van der Waals surface area contributed by atoms with Crippen LogP contribution in [0.2, 0.25) is 0 Å². The van der Waals surface area contributed by atoms with Crippen molar-refractivity contribution < 1.29 is 4.39 Å². The Kier molecular flexibility index (Phi) is 2.36. The fraction of sp³-hybridized carbons (Fsp3) is 0.538. The molecule has 86 valence electrons. The first-order chi connectivity index (χ1) is 7.75. The predicted octanol–water partition coefficient (Wildman–Crippen LogP) is 2.81. The Hall–Kier alpha value is -1.09. The van der Waals surface area contributed by atoms with Gasteiger partial charge in [0.25, 0.3) is 0 Å². The van der Waals surface area contributed by atoms with Gasteiger partial charge in [-0.1, -0.05) is 18.9 Å². The van der Waals surface area contributed by atoms with Crippen LogP contribution < -0.4 is 11.1 Å².